The first-order chi connectivity index (χ1) is 9.76. The Morgan fingerprint density at radius 3 is 2.85 bits per heavy atom. The molecule has 1 aliphatic rings. The van der Waals surface area contributed by atoms with E-state index in [4.69, 9.17) is 0 Å². The fourth-order valence-electron chi connectivity index (χ4n) is 2.90. The smallest absolute Gasteiger partial charge is 0.0695 e. The Balaban J connectivity index is 2.10. The molecule has 2 heterocycles. The van der Waals surface area contributed by atoms with Crippen LogP contribution >= 0.6 is 27.7 Å². The van der Waals surface area contributed by atoms with Gasteiger partial charge >= 0.3 is 0 Å². The Morgan fingerprint density at radius 2 is 2.20 bits per heavy atom. The molecule has 1 atom stereocenters. The lowest BCUT2D eigenvalue weighted by atomic mass is 9.92. The monoisotopic (exact) mass is 359 g/mol. The second-order valence-corrected chi connectivity index (χ2v) is 7.57. The second-order valence-electron chi connectivity index (χ2n) is 5.49. The van der Waals surface area contributed by atoms with Crippen molar-refractivity contribution >= 4 is 27.7 Å². The lowest BCUT2D eigenvalue weighted by Crippen LogP contribution is -2.28. The number of hydrogen-bond donors (Lipinski definition) is 1. The van der Waals surface area contributed by atoms with Gasteiger partial charge in [0.15, 0.2) is 0 Å². The SMILES string of the molecule is CCCNC(CC1CCSCC1)c1c(Br)cnn1CC. The van der Waals surface area contributed by atoms with Crippen LogP contribution in [0, 0.1) is 5.92 Å². The Labute approximate surface area is 135 Å². The molecule has 1 fully saturated rings. The molecule has 0 amide bonds. The Kier molecular flexibility index (Phi) is 6.91. The summed E-state index contributed by atoms with van der Waals surface area (Å²) < 4.78 is 3.28. The summed E-state index contributed by atoms with van der Waals surface area (Å²) in [5.41, 5.74) is 1.33. The number of rotatable bonds is 7. The summed E-state index contributed by atoms with van der Waals surface area (Å²) >= 11 is 5.79. The van der Waals surface area contributed by atoms with Gasteiger partial charge in [0.1, 0.15) is 0 Å². The fourth-order valence-corrected chi connectivity index (χ4v) is 4.67. The zero-order chi connectivity index (χ0) is 14.4. The van der Waals surface area contributed by atoms with Crippen LogP contribution in [0.4, 0.5) is 0 Å². The lowest BCUT2D eigenvalue weighted by Gasteiger charge is -2.28. The maximum absolute atomic E-state index is 4.48. The van der Waals surface area contributed by atoms with Gasteiger partial charge in [-0.1, -0.05) is 6.92 Å². The van der Waals surface area contributed by atoms with Crippen molar-refractivity contribution in [1.29, 1.82) is 0 Å². The average molecular weight is 360 g/mol. The molecule has 1 N–H and O–H groups in total. The predicted octanol–water partition coefficient (Wildman–Crippen LogP) is 4.24. The third-order valence-electron chi connectivity index (χ3n) is 4.01. The van der Waals surface area contributed by atoms with E-state index in [0.717, 1.165) is 23.5 Å². The Bertz CT molecular complexity index is 402. The summed E-state index contributed by atoms with van der Waals surface area (Å²) in [5.74, 6) is 3.52. The van der Waals surface area contributed by atoms with Crippen molar-refractivity contribution in [2.75, 3.05) is 18.1 Å². The number of thioether (sulfide) groups is 1. The molecule has 1 unspecified atom stereocenters. The highest BCUT2D eigenvalue weighted by atomic mass is 79.9. The molecule has 1 aromatic heterocycles. The van der Waals surface area contributed by atoms with Crippen LogP contribution in [0.3, 0.4) is 0 Å². The highest BCUT2D eigenvalue weighted by Gasteiger charge is 2.24. The Morgan fingerprint density at radius 1 is 1.45 bits per heavy atom. The molecule has 1 saturated heterocycles. The fraction of sp³-hybridized carbons (Fsp3) is 0.800. The van der Waals surface area contributed by atoms with Gasteiger partial charge in [0.05, 0.1) is 22.4 Å². The van der Waals surface area contributed by atoms with E-state index in [1.807, 2.05) is 6.20 Å². The minimum Gasteiger partial charge on any atom is -0.309 e. The number of halogens is 1. The van der Waals surface area contributed by atoms with E-state index in [0.29, 0.717) is 6.04 Å². The molecule has 1 aliphatic heterocycles. The third-order valence-corrected chi connectivity index (χ3v) is 5.67. The van der Waals surface area contributed by atoms with Crippen LogP contribution in [0.25, 0.3) is 0 Å². The summed E-state index contributed by atoms with van der Waals surface area (Å²) in [4.78, 5) is 0. The number of hydrogen-bond acceptors (Lipinski definition) is 3. The van der Waals surface area contributed by atoms with Crippen molar-refractivity contribution in [3.63, 3.8) is 0 Å². The van der Waals surface area contributed by atoms with Gasteiger partial charge in [-0.2, -0.15) is 16.9 Å². The van der Waals surface area contributed by atoms with Crippen molar-refractivity contribution in [3.05, 3.63) is 16.4 Å². The molecule has 0 aromatic carbocycles. The molecule has 3 nitrogen and oxygen atoms in total. The number of nitrogens with zero attached hydrogens (tertiary/aromatic N) is 2. The molecule has 20 heavy (non-hydrogen) atoms. The van der Waals surface area contributed by atoms with Gasteiger partial charge in [0.25, 0.3) is 0 Å². The molecule has 0 radical (unpaired) electrons. The summed E-state index contributed by atoms with van der Waals surface area (Å²) in [6.45, 7) is 6.41. The first-order valence-electron chi connectivity index (χ1n) is 7.78. The zero-order valence-corrected chi connectivity index (χ0v) is 15.0. The molecule has 114 valence electrons. The van der Waals surface area contributed by atoms with Gasteiger partial charge in [0, 0.05) is 6.54 Å². The van der Waals surface area contributed by atoms with Crippen molar-refractivity contribution in [2.24, 2.45) is 5.92 Å². The zero-order valence-electron chi connectivity index (χ0n) is 12.6. The van der Waals surface area contributed by atoms with Gasteiger partial charge in [-0.3, -0.25) is 4.68 Å². The molecule has 1 aromatic rings. The van der Waals surface area contributed by atoms with Crippen LogP contribution < -0.4 is 5.32 Å². The predicted molar refractivity (Wildman–Crippen MR) is 91.3 cm³/mol. The maximum atomic E-state index is 4.48. The minimum atomic E-state index is 0.430. The molecular formula is C15H26BrN3S. The van der Waals surface area contributed by atoms with Crippen LogP contribution in [0.1, 0.15) is 51.3 Å². The highest BCUT2D eigenvalue weighted by Crippen LogP contribution is 2.33. The topological polar surface area (TPSA) is 29.9 Å². The van der Waals surface area contributed by atoms with E-state index in [-0.39, 0.29) is 0 Å². The standard InChI is InChI=1S/C15H26BrN3S/c1-3-7-17-14(10-12-5-8-20-9-6-12)15-13(16)11-18-19(15)4-2/h11-12,14,17H,3-10H2,1-2H3. The lowest BCUT2D eigenvalue weighted by molar-refractivity contribution is 0.354. The third kappa shape index (κ3) is 4.25. The number of aromatic nitrogens is 2. The van der Waals surface area contributed by atoms with Crippen molar-refractivity contribution in [2.45, 2.75) is 52.1 Å². The van der Waals surface area contributed by atoms with Gasteiger partial charge in [-0.15, -0.1) is 0 Å². The second kappa shape index (κ2) is 8.44. The van der Waals surface area contributed by atoms with Crippen molar-refractivity contribution in [3.8, 4) is 0 Å². The van der Waals surface area contributed by atoms with E-state index in [1.165, 1.54) is 42.9 Å². The Hall–Kier alpha value is 0. The molecule has 5 heteroatoms. The molecule has 0 spiro atoms. The minimum absolute atomic E-state index is 0.430. The average Bonchev–Trinajstić information content (AvgIpc) is 2.85. The maximum Gasteiger partial charge on any atom is 0.0695 e. The molecule has 2 rings (SSSR count). The molecule has 0 aliphatic carbocycles. The van der Waals surface area contributed by atoms with E-state index >= 15 is 0 Å². The summed E-state index contributed by atoms with van der Waals surface area (Å²) in [6, 6.07) is 0.430. The summed E-state index contributed by atoms with van der Waals surface area (Å²) in [7, 11) is 0. The van der Waals surface area contributed by atoms with Crippen molar-refractivity contribution in [1.82, 2.24) is 15.1 Å². The molecule has 0 bridgehead atoms. The van der Waals surface area contributed by atoms with Crippen molar-refractivity contribution < 1.29 is 0 Å². The largest absolute Gasteiger partial charge is 0.309 e. The normalized spacial score (nSPS) is 18.4. The van der Waals surface area contributed by atoms with Gasteiger partial charge in [-0.05, 0) is 72.5 Å². The van der Waals surface area contributed by atoms with Gasteiger partial charge in [0.2, 0.25) is 0 Å². The van der Waals surface area contributed by atoms with E-state index in [1.54, 1.807) is 0 Å². The van der Waals surface area contributed by atoms with E-state index in [2.05, 4.69) is 56.6 Å². The highest BCUT2D eigenvalue weighted by molar-refractivity contribution is 9.10. The van der Waals surface area contributed by atoms with Gasteiger partial charge in [-0.25, -0.2) is 0 Å². The molecule has 0 saturated carbocycles. The quantitative estimate of drug-likeness (QED) is 0.789. The summed E-state index contributed by atoms with van der Waals surface area (Å²) in [6.07, 6.45) is 7.09. The summed E-state index contributed by atoms with van der Waals surface area (Å²) in [5, 5.41) is 8.22. The van der Waals surface area contributed by atoms with Crippen LogP contribution in [0.2, 0.25) is 0 Å². The van der Waals surface area contributed by atoms with Gasteiger partial charge < -0.3 is 5.32 Å². The first-order valence-corrected chi connectivity index (χ1v) is 9.73. The van der Waals surface area contributed by atoms with E-state index in [9.17, 15) is 0 Å². The van der Waals surface area contributed by atoms with E-state index < -0.39 is 0 Å². The van der Waals surface area contributed by atoms with Crippen LogP contribution in [-0.4, -0.2) is 27.8 Å². The van der Waals surface area contributed by atoms with Crippen LogP contribution in [0.15, 0.2) is 10.7 Å². The first kappa shape index (κ1) is 16.4. The number of aryl methyl sites for hydroxylation is 1. The molecular weight excluding hydrogens is 334 g/mol. The van der Waals surface area contributed by atoms with Crippen LogP contribution in [-0.2, 0) is 6.54 Å². The number of nitrogens with one attached hydrogen (secondary N) is 1. The van der Waals surface area contributed by atoms with Crippen LogP contribution in [0.5, 0.6) is 0 Å².